The van der Waals surface area contributed by atoms with Crippen LogP contribution >= 0.6 is 0 Å². The van der Waals surface area contributed by atoms with E-state index in [4.69, 9.17) is 0 Å². The van der Waals surface area contributed by atoms with Crippen molar-refractivity contribution in [2.75, 3.05) is 18.4 Å². The zero-order valence-corrected chi connectivity index (χ0v) is 16.3. The Bertz CT molecular complexity index is 1260. The quantitative estimate of drug-likeness (QED) is 0.514. The van der Waals surface area contributed by atoms with Gasteiger partial charge in [0.1, 0.15) is 17.8 Å². The molecule has 0 spiro atoms. The number of aromatic nitrogens is 4. The van der Waals surface area contributed by atoms with Crippen molar-refractivity contribution in [2.24, 2.45) is 0 Å². The van der Waals surface area contributed by atoms with E-state index in [-0.39, 0.29) is 12.1 Å². The number of likely N-dealkylation sites (tertiary alicyclic amines) is 1. The summed E-state index contributed by atoms with van der Waals surface area (Å²) in [5, 5.41) is 2.70. The molecule has 4 aromatic rings. The highest BCUT2D eigenvalue weighted by atomic mass is 19.1. The van der Waals surface area contributed by atoms with Gasteiger partial charge in [0, 0.05) is 41.9 Å². The number of imidazole rings is 1. The third-order valence-electron chi connectivity index (χ3n) is 5.22. The Labute approximate surface area is 176 Å². The zero-order valence-electron chi connectivity index (χ0n) is 16.3. The van der Waals surface area contributed by atoms with E-state index in [1.165, 1.54) is 23.1 Å². The van der Waals surface area contributed by atoms with Crippen molar-refractivity contribution in [3.8, 4) is 22.5 Å². The highest BCUT2D eigenvalue weighted by Crippen LogP contribution is 2.28. The SMILES string of the molecule is O=C(Nc1ccc(F)c(-c2nc3ncc(-c4cccnc4)cc3[nH]2)c1)N1CC[C@@H](F)C1. The molecule has 0 bridgehead atoms. The Hall–Kier alpha value is -3.88. The minimum absolute atomic E-state index is 0.0639. The van der Waals surface area contributed by atoms with Crippen molar-refractivity contribution >= 4 is 22.9 Å². The minimum atomic E-state index is -1.01. The largest absolute Gasteiger partial charge is 0.336 e. The third-order valence-corrected chi connectivity index (χ3v) is 5.22. The number of halogens is 2. The van der Waals surface area contributed by atoms with Crippen LogP contribution in [0.15, 0.2) is 55.0 Å². The highest BCUT2D eigenvalue weighted by Gasteiger charge is 2.26. The minimum Gasteiger partial charge on any atom is -0.336 e. The van der Waals surface area contributed by atoms with E-state index in [2.05, 4.69) is 25.3 Å². The van der Waals surface area contributed by atoms with E-state index in [1.807, 2.05) is 18.2 Å². The van der Waals surface area contributed by atoms with Crippen LogP contribution in [0.25, 0.3) is 33.7 Å². The standard InChI is InChI=1S/C22H18F2N6O/c23-15-5-7-30(12-15)22(31)27-16-3-4-18(24)17(9-16)20-28-19-8-14(11-26-21(19)29-20)13-2-1-6-25-10-13/h1-4,6,8-11,15H,5,7,12H2,(H,27,31)(H,26,28,29)/t15-/m1/s1. The third kappa shape index (κ3) is 3.81. The molecule has 0 unspecified atom stereocenters. The molecule has 5 rings (SSSR count). The second-order valence-electron chi connectivity index (χ2n) is 7.38. The Kier molecular flexibility index (Phi) is 4.78. The smallest absolute Gasteiger partial charge is 0.321 e. The van der Waals surface area contributed by atoms with Crippen molar-refractivity contribution in [3.05, 3.63) is 60.8 Å². The molecule has 3 aromatic heterocycles. The first-order valence-electron chi connectivity index (χ1n) is 9.83. The molecule has 0 saturated carbocycles. The molecule has 1 aliphatic rings. The van der Waals surface area contributed by atoms with E-state index in [0.717, 1.165) is 11.1 Å². The van der Waals surface area contributed by atoms with Gasteiger partial charge in [0.2, 0.25) is 0 Å². The molecule has 2 N–H and O–H groups in total. The maximum atomic E-state index is 14.6. The lowest BCUT2D eigenvalue weighted by Gasteiger charge is -2.16. The molecule has 4 heterocycles. The summed E-state index contributed by atoms with van der Waals surface area (Å²) in [6, 6.07) is 9.43. The molecular weight excluding hydrogens is 402 g/mol. The molecule has 1 fully saturated rings. The first-order chi connectivity index (χ1) is 15.1. The highest BCUT2D eigenvalue weighted by molar-refractivity contribution is 5.90. The van der Waals surface area contributed by atoms with Crippen molar-refractivity contribution in [2.45, 2.75) is 12.6 Å². The van der Waals surface area contributed by atoms with Crippen LogP contribution in [0.4, 0.5) is 19.3 Å². The molecule has 1 aliphatic heterocycles. The molecule has 9 heteroatoms. The lowest BCUT2D eigenvalue weighted by Crippen LogP contribution is -2.33. The number of anilines is 1. The summed E-state index contributed by atoms with van der Waals surface area (Å²) in [7, 11) is 0. The molecule has 2 amide bonds. The number of urea groups is 1. The summed E-state index contributed by atoms with van der Waals surface area (Å²) in [6.45, 7) is 0.421. The average molecular weight is 420 g/mol. The first kappa shape index (κ1) is 19.1. The summed E-state index contributed by atoms with van der Waals surface area (Å²) in [6.07, 6.45) is 4.43. The van der Waals surface area contributed by atoms with Crippen molar-refractivity contribution in [3.63, 3.8) is 0 Å². The number of pyridine rings is 2. The van der Waals surface area contributed by atoms with E-state index >= 15 is 0 Å². The second kappa shape index (κ2) is 7.75. The number of hydrogen-bond acceptors (Lipinski definition) is 4. The van der Waals surface area contributed by atoms with Crippen LogP contribution < -0.4 is 5.32 Å². The molecule has 0 radical (unpaired) electrons. The van der Waals surface area contributed by atoms with Crippen molar-refractivity contribution < 1.29 is 13.6 Å². The number of nitrogens with zero attached hydrogens (tertiary/aromatic N) is 4. The Morgan fingerprint density at radius 1 is 1.19 bits per heavy atom. The summed E-state index contributed by atoms with van der Waals surface area (Å²) in [4.78, 5) is 29.7. The van der Waals surface area contributed by atoms with Crippen LogP contribution in [0, 0.1) is 5.82 Å². The van der Waals surface area contributed by atoms with Gasteiger partial charge in [0.15, 0.2) is 5.65 Å². The van der Waals surface area contributed by atoms with Crippen LogP contribution in [-0.4, -0.2) is 50.1 Å². The normalized spacial score (nSPS) is 16.1. The fourth-order valence-electron chi connectivity index (χ4n) is 3.61. The van der Waals surface area contributed by atoms with Gasteiger partial charge in [0.25, 0.3) is 0 Å². The van der Waals surface area contributed by atoms with Crippen LogP contribution in [0.2, 0.25) is 0 Å². The van der Waals surface area contributed by atoms with Crippen LogP contribution in [0.5, 0.6) is 0 Å². The number of benzene rings is 1. The fourth-order valence-corrected chi connectivity index (χ4v) is 3.61. The average Bonchev–Trinajstić information content (AvgIpc) is 3.41. The van der Waals surface area contributed by atoms with E-state index in [9.17, 15) is 13.6 Å². The second-order valence-corrected chi connectivity index (χ2v) is 7.38. The number of carbonyl (C=O) groups excluding carboxylic acids is 1. The number of rotatable bonds is 3. The molecule has 0 aliphatic carbocycles. The molecule has 156 valence electrons. The van der Waals surface area contributed by atoms with Gasteiger partial charge in [-0.15, -0.1) is 0 Å². The van der Waals surface area contributed by atoms with Gasteiger partial charge < -0.3 is 15.2 Å². The number of aromatic amines is 1. The lowest BCUT2D eigenvalue weighted by molar-refractivity contribution is 0.218. The summed E-state index contributed by atoms with van der Waals surface area (Å²) < 4.78 is 27.9. The van der Waals surface area contributed by atoms with Crippen LogP contribution in [-0.2, 0) is 0 Å². The van der Waals surface area contributed by atoms with Gasteiger partial charge in [-0.2, -0.15) is 0 Å². The maximum Gasteiger partial charge on any atom is 0.321 e. The molecule has 7 nitrogen and oxygen atoms in total. The monoisotopic (exact) mass is 420 g/mol. The fraction of sp³-hybridized carbons (Fsp3) is 0.182. The lowest BCUT2D eigenvalue weighted by atomic mass is 10.1. The van der Waals surface area contributed by atoms with Gasteiger partial charge >= 0.3 is 6.03 Å². The summed E-state index contributed by atoms with van der Waals surface area (Å²) in [5.74, 6) is -0.195. The summed E-state index contributed by atoms with van der Waals surface area (Å²) >= 11 is 0. The predicted molar refractivity (Wildman–Crippen MR) is 113 cm³/mol. The van der Waals surface area contributed by atoms with E-state index in [0.29, 0.717) is 35.6 Å². The molecule has 1 aromatic carbocycles. The number of carbonyl (C=O) groups is 1. The molecule has 1 atom stereocenters. The molecule has 1 saturated heterocycles. The Morgan fingerprint density at radius 3 is 2.87 bits per heavy atom. The number of alkyl halides is 1. The van der Waals surface area contributed by atoms with Gasteiger partial charge in [-0.3, -0.25) is 4.98 Å². The molecule has 31 heavy (non-hydrogen) atoms. The predicted octanol–water partition coefficient (Wildman–Crippen LogP) is 4.40. The number of H-pyrrole nitrogens is 1. The van der Waals surface area contributed by atoms with Crippen molar-refractivity contribution in [1.82, 2.24) is 24.8 Å². The van der Waals surface area contributed by atoms with E-state index < -0.39 is 18.0 Å². The number of amides is 2. The Balaban J connectivity index is 1.44. The van der Waals surface area contributed by atoms with Crippen LogP contribution in [0.3, 0.4) is 0 Å². The maximum absolute atomic E-state index is 14.6. The van der Waals surface area contributed by atoms with Crippen molar-refractivity contribution in [1.29, 1.82) is 0 Å². The van der Waals surface area contributed by atoms with Crippen LogP contribution in [0.1, 0.15) is 6.42 Å². The van der Waals surface area contributed by atoms with Gasteiger partial charge in [0.05, 0.1) is 17.6 Å². The summed E-state index contributed by atoms with van der Waals surface area (Å²) in [5.41, 5.74) is 3.45. The number of nitrogens with one attached hydrogen (secondary N) is 2. The molecular formula is C22H18F2N6O. The number of fused-ring (bicyclic) bond motifs is 1. The Morgan fingerprint density at radius 2 is 2.10 bits per heavy atom. The topological polar surface area (TPSA) is 86.8 Å². The first-order valence-corrected chi connectivity index (χ1v) is 9.83. The van der Waals surface area contributed by atoms with Gasteiger partial charge in [-0.05, 0) is 36.8 Å². The van der Waals surface area contributed by atoms with E-state index in [1.54, 1.807) is 18.6 Å². The zero-order chi connectivity index (χ0) is 21.4. The number of hydrogen-bond donors (Lipinski definition) is 2. The van der Waals surface area contributed by atoms with Gasteiger partial charge in [-0.25, -0.2) is 23.5 Å². The van der Waals surface area contributed by atoms with Gasteiger partial charge in [-0.1, -0.05) is 6.07 Å².